The largest absolute Gasteiger partial charge is 0.423 e. The molecule has 4 aromatic rings. The predicted octanol–water partition coefficient (Wildman–Crippen LogP) is 6.96. The van der Waals surface area contributed by atoms with Gasteiger partial charge in [0.05, 0.1) is 17.3 Å². The molecule has 0 aliphatic carbocycles. The van der Waals surface area contributed by atoms with Crippen LogP contribution in [0.4, 0.5) is 5.69 Å². The number of hydrogen-bond donors (Lipinski definition) is 1. The third-order valence-corrected chi connectivity index (χ3v) is 6.87. The van der Waals surface area contributed by atoms with E-state index in [1.165, 1.54) is 0 Å². The van der Waals surface area contributed by atoms with Crippen molar-refractivity contribution >= 4 is 13.3 Å². The van der Waals surface area contributed by atoms with Crippen LogP contribution in [0.5, 0.6) is 5.75 Å². The monoisotopic (exact) mass is 440 g/mol. The lowest BCUT2D eigenvalue weighted by Gasteiger charge is -2.28. The third kappa shape index (κ3) is 5.07. The summed E-state index contributed by atoms with van der Waals surface area (Å²) >= 11 is 0. The first-order chi connectivity index (χ1) is 15.7. The molecule has 0 heterocycles. The van der Waals surface area contributed by atoms with Gasteiger partial charge in [-0.3, -0.25) is 5.48 Å². The molecule has 0 spiro atoms. The quantitative estimate of drug-likeness (QED) is 0.237. The lowest BCUT2D eigenvalue weighted by atomic mass is 10.0. The fraction of sp³-hybridized carbons (Fsp3) is 0.0385. The Morgan fingerprint density at radius 1 is 0.719 bits per heavy atom. The van der Waals surface area contributed by atoms with Gasteiger partial charge in [0, 0.05) is 0 Å². The number of nitriles is 1. The van der Waals surface area contributed by atoms with E-state index in [1.54, 1.807) is 24.3 Å². The summed E-state index contributed by atoms with van der Waals surface area (Å²) in [6.07, 6.45) is 0. The zero-order valence-electron chi connectivity index (χ0n) is 17.2. The van der Waals surface area contributed by atoms with Crippen LogP contribution in [-0.2, 0) is 9.19 Å². The average molecular weight is 440 g/mol. The molecule has 0 aliphatic rings. The van der Waals surface area contributed by atoms with Crippen LogP contribution in [0, 0.1) is 11.3 Å². The van der Waals surface area contributed by atoms with Gasteiger partial charge in [-0.25, -0.2) is 4.57 Å². The highest BCUT2D eigenvalue weighted by Gasteiger charge is 2.41. The Hall–Kier alpha value is -3.84. The first-order valence-corrected chi connectivity index (χ1v) is 11.7. The van der Waals surface area contributed by atoms with Gasteiger partial charge in [0.1, 0.15) is 11.4 Å². The minimum atomic E-state index is -3.88. The number of hydrogen-bond acceptors (Lipinski definition) is 5. The molecule has 4 aromatic carbocycles. The van der Waals surface area contributed by atoms with E-state index in [-0.39, 0.29) is 0 Å². The minimum Gasteiger partial charge on any atom is -0.423 e. The SMILES string of the molecule is N#Cc1ccc(OP(=O)(ONc2ccccc2)C(c2ccccc2)c2ccccc2)cc1. The topological polar surface area (TPSA) is 71.3 Å². The smallest absolute Gasteiger partial charge is 0.412 e. The molecule has 1 unspecified atom stereocenters. The summed E-state index contributed by atoms with van der Waals surface area (Å²) in [7, 11) is -3.88. The van der Waals surface area contributed by atoms with Crippen LogP contribution >= 0.6 is 7.60 Å². The van der Waals surface area contributed by atoms with Crippen molar-refractivity contribution in [2.24, 2.45) is 0 Å². The lowest BCUT2D eigenvalue weighted by Crippen LogP contribution is -2.13. The molecule has 0 saturated heterocycles. The maximum atomic E-state index is 14.4. The van der Waals surface area contributed by atoms with Gasteiger partial charge < -0.3 is 4.52 Å². The number of nitrogens with one attached hydrogen (secondary N) is 1. The highest BCUT2D eigenvalue weighted by molar-refractivity contribution is 7.55. The van der Waals surface area contributed by atoms with Crippen LogP contribution in [-0.4, -0.2) is 0 Å². The standard InChI is InChI=1S/C26H21N2O3P/c27-20-21-16-18-25(19-17-21)30-32(29,31-28-24-14-8-3-9-15-24)26(22-10-4-1-5-11-22)23-12-6-2-7-13-23/h1-19,26,28H. The summed E-state index contributed by atoms with van der Waals surface area (Å²) in [5.41, 5.74) is 4.85. The summed E-state index contributed by atoms with van der Waals surface area (Å²) < 4.78 is 26.4. The van der Waals surface area contributed by atoms with E-state index in [1.807, 2.05) is 91.0 Å². The molecular formula is C26H21N2O3P. The van der Waals surface area contributed by atoms with Crippen LogP contribution in [0.2, 0.25) is 0 Å². The van der Waals surface area contributed by atoms with Gasteiger partial charge in [-0.1, -0.05) is 78.9 Å². The third-order valence-electron chi connectivity index (χ3n) is 4.83. The number of anilines is 1. The Balaban J connectivity index is 1.77. The van der Waals surface area contributed by atoms with Gasteiger partial charge in [-0.15, -0.1) is 0 Å². The fourth-order valence-corrected chi connectivity index (χ4v) is 5.28. The van der Waals surface area contributed by atoms with E-state index in [0.717, 1.165) is 11.1 Å². The van der Waals surface area contributed by atoms with Crippen molar-refractivity contribution in [2.75, 3.05) is 5.48 Å². The maximum Gasteiger partial charge on any atom is 0.412 e. The molecule has 0 saturated carbocycles. The van der Waals surface area contributed by atoms with E-state index >= 15 is 0 Å². The molecule has 1 N–H and O–H groups in total. The molecule has 0 amide bonds. The van der Waals surface area contributed by atoms with Gasteiger partial charge in [-0.2, -0.15) is 9.89 Å². The minimum absolute atomic E-state index is 0.346. The van der Waals surface area contributed by atoms with Crippen LogP contribution in [0.25, 0.3) is 0 Å². The van der Waals surface area contributed by atoms with Crippen LogP contribution in [0.1, 0.15) is 22.3 Å². The van der Waals surface area contributed by atoms with Crippen molar-refractivity contribution in [1.29, 1.82) is 5.26 Å². The number of para-hydroxylation sites is 1. The van der Waals surface area contributed by atoms with Crippen LogP contribution in [0.15, 0.2) is 115 Å². The Bertz CT molecular complexity index is 1190. The van der Waals surface area contributed by atoms with Gasteiger partial charge in [0.25, 0.3) is 0 Å². The van der Waals surface area contributed by atoms with E-state index in [0.29, 0.717) is 17.0 Å². The van der Waals surface area contributed by atoms with Crippen molar-refractivity contribution in [3.05, 3.63) is 132 Å². The lowest BCUT2D eigenvalue weighted by molar-refractivity contribution is 0.311. The molecule has 5 nitrogen and oxygen atoms in total. The first kappa shape index (κ1) is 21.4. The Morgan fingerprint density at radius 2 is 1.22 bits per heavy atom. The summed E-state index contributed by atoms with van der Waals surface area (Å²) in [5.74, 6) is 0.346. The Kier molecular flexibility index (Phi) is 6.67. The van der Waals surface area contributed by atoms with Gasteiger partial charge in [-0.05, 0) is 47.5 Å². The van der Waals surface area contributed by atoms with E-state index in [4.69, 9.17) is 14.4 Å². The predicted molar refractivity (Wildman–Crippen MR) is 125 cm³/mol. The highest BCUT2D eigenvalue weighted by Crippen LogP contribution is 2.63. The number of rotatable bonds is 8. The molecule has 0 aromatic heterocycles. The van der Waals surface area contributed by atoms with Crippen molar-refractivity contribution < 1.29 is 13.7 Å². The van der Waals surface area contributed by atoms with Crippen molar-refractivity contribution in [3.8, 4) is 11.8 Å². The molecule has 158 valence electrons. The molecule has 0 aliphatic heterocycles. The van der Waals surface area contributed by atoms with Crippen LogP contribution < -0.4 is 10.0 Å². The molecular weight excluding hydrogens is 419 g/mol. The van der Waals surface area contributed by atoms with Gasteiger partial charge in [0.2, 0.25) is 0 Å². The summed E-state index contributed by atoms with van der Waals surface area (Å²) in [5, 5.41) is 9.08. The zero-order chi connectivity index (χ0) is 22.2. The summed E-state index contributed by atoms with van der Waals surface area (Å²) in [6, 6.07) is 36.7. The normalized spacial score (nSPS) is 12.5. The van der Waals surface area contributed by atoms with Crippen LogP contribution in [0.3, 0.4) is 0 Å². The summed E-state index contributed by atoms with van der Waals surface area (Å²) in [4.78, 5) is 0. The van der Waals surface area contributed by atoms with E-state index in [2.05, 4.69) is 11.5 Å². The summed E-state index contributed by atoms with van der Waals surface area (Å²) in [6.45, 7) is 0. The second kappa shape index (κ2) is 9.98. The zero-order valence-corrected chi connectivity index (χ0v) is 18.1. The van der Waals surface area contributed by atoms with Crippen molar-refractivity contribution in [1.82, 2.24) is 0 Å². The first-order valence-electron chi connectivity index (χ1n) is 10.1. The molecule has 0 fully saturated rings. The highest BCUT2D eigenvalue weighted by atomic mass is 31.2. The average Bonchev–Trinajstić information content (AvgIpc) is 2.85. The van der Waals surface area contributed by atoms with Crippen molar-refractivity contribution in [2.45, 2.75) is 5.66 Å². The molecule has 0 bridgehead atoms. The van der Waals surface area contributed by atoms with Gasteiger partial charge in [0.15, 0.2) is 0 Å². The van der Waals surface area contributed by atoms with Gasteiger partial charge >= 0.3 is 7.60 Å². The molecule has 6 heteroatoms. The fourth-order valence-electron chi connectivity index (χ4n) is 3.31. The Labute approximate surface area is 187 Å². The molecule has 1 atom stereocenters. The number of nitrogens with zero attached hydrogens (tertiary/aromatic N) is 1. The van der Waals surface area contributed by atoms with Crippen molar-refractivity contribution in [3.63, 3.8) is 0 Å². The number of benzene rings is 4. The second-order valence-electron chi connectivity index (χ2n) is 7.05. The molecule has 0 radical (unpaired) electrons. The second-order valence-corrected chi connectivity index (χ2v) is 9.01. The Morgan fingerprint density at radius 3 is 1.72 bits per heavy atom. The maximum absolute atomic E-state index is 14.4. The molecule has 32 heavy (non-hydrogen) atoms. The van der Waals surface area contributed by atoms with E-state index in [9.17, 15) is 4.57 Å². The molecule has 4 rings (SSSR count). The van der Waals surface area contributed by atoms with E-state index < -0.39 is 13.3 Å².